The minimum Gasteiger partial charge on any atom is -0.496 e. The number of piperidine rings is 1. The number of aromatic nitrogens is 4. The number of nitrogen functional groups attached to an aromatic ring is 1. The summed E-state index contributed by atoms with van der Waals surface area (Å²) in [6.45, 7) is 5.19. The number of likely N-dealkylation sites (tertiary alicyclic amines) is 1. The molecule has 0 spiro atoms. The lowest BCUT2D eigenvalue weighted by molar-refractivity contribution is -0.132. The van der Waals surface area contributed by atoms with Gasteiger partial charge in [-0.05, 0) is 38.0 Å². The number of amides is 2. The van der Waals surface area contributed by atoms with Crippen molar-refractivity contribution in [2.75, 3.05) is 31.2 Å². The van der Waals surface area contributed by atoms with Crippen LogP contribution in [-0.4, -0.2) is 56.3 Å². The summed E-state index contributed by atoms with van der Waals surface area (Å²) in [5.41, 5.74) is 8.77. The van der Waals surface area contributed by atoms with E-state index in [-0.39, 0.29) is 17.7 Å². The summed E-state index contributed by atoms with van der Waals surface area (Å²) >= 11 is 1.41. The number of carbonyl (C=O) groups is 2. The van der Waals surface area contributed by atoms with Crippen molar-refractivity contribution in [2.45, 2.75) is 39.0 Å². The van der Waals surface area contributed by atoms with E-state index in [1.165, 1.54) is 11.3 Å². The van der Waals surface area contributed by atoms with Crippen LogP contribution in [0.3, 0.4) is 0 Å². The Morgan fingerprint density at radius 2 is 2.14 bits per heavy atom. The Balaban J connectivity index is 1.54. The van der Waals surface area contributed by atoms with Crippen LogP contribution in [-0.2, 0) is 4.79 Å². The van der Waals surface area contributed by atoms with Crippen LogP contribution in [0.1, 0.15) is 53.2 Å². The van der Waals surface area contributed by atoms with Crippen LogP contribution >= 0.6 is 11.3 Å². The van der Waals surface area contributed by atoms with Crippen LogP contribution in [0.5, 0.6) is 5.75 Å². The molecule has 0 saturated carbocycles. The molecule has 0 aliphatic carbocycles. The number of ether oxygens (including phenoxy) is 1. The number of aryl methyl sites for hydroxylation is 1. The standard InChI is InChI=1S/C26H29N7O3S/c1-4-20(34)32-10-5-6-17(14-32)24-30-21(22-23(27)28-9-11-33(22)24)18-8-7-16(12-19(18)36-3)25(35)31-26-29-13-15(2)37-26/h7-9,11-13,17H,4-6,10,14H2,1-3H3,(H2,27,28)(H,29,31,35). The number of imidazole rings is 1. The summed E-state index contributed by atoms with van der Waals surface area (Å²) in [5.74, 6) is 1.59. The van der Waals surface area contributed by atoms with Gasteiger partial charge in [-0.25, -0.2) is 15.0 Å². The molecule has 5 rings (SSSR count). The Morgan fingerprint density at radius 3 is 2.86 bits per heavy atom. The predicted octanol–water partition coefficient (Wildman–Crippen LogP) is 4.12. The molecule has 1 fully saturated rings. The van der Waals surface area contributed by atoms with Gasteiger partial charge in [0, 0.05) is 60.0 Å². The average Bonchev–Trinajstić information content (AvgIpc) is 3.51. The van der Waals surface area contributed by atoms with Crippen LogP contribution in [0.25, 0.3) is 16.8 Å². The molecule has 4 heterocycles. The number of nitrogens with one attached hydrogen (secondary N) is 1. The van der Waals surface area contributed by atoms with Crippen LogP contribution in [0.15, 0.2) is 36.8 Å². The van der Waals surface area contributed by atoms with Crippen molar-refractivity contribution in [2.24, 2.45) is 0 Å². The first-order chi connectivity index (χ1) is 17.9. The van der Waals surface area contributed by atoms with Gasteiger partial charge >= 0.3 is 0 Å². The van der Waals surface area contributed by atoms with Gasteiger partial charge in [0.1, 0.15) is 28.6 Å². The van der Waals surface area contributed by atoms with Gasteiger partial charge in [0.15, 0.2) is 5.13 Å². The second kappa shape index (κ2) is 10.2. The molecule has 1 atom stereocenters. The fraction of sp³-hybridized carbons (Fsp3) is 0.346. The van der Waals surface area contributed by atoms with Gasteiger partial charge in [-0.15, -0.1) is 11.3 Å². The van der Waals surface area contributed by atoms with Gasteiger partial charge in [0.05, 0.1) is 7.11 Å². The van der Waals surface area contributed by atoms with Crippen molar-refractivity contribution in [1.29, 1.82) is 0 Å². The number of thiazole rings is 1. The minimum atomic E-state index is -0.279. The van der Waals surface area contributed by atoms with E-state index in [0.717, 1.165) is 30.1 Å². The number of nitrogens with zero attached hydrogens (tertiary/aromatic N) is 5. The van der Waals surface area contributed by atoms with Gasteiger partial charge < -0.3 is 15.4 Å². The van der Waals surface area contributed by atoms with Crippen LogP contribution in [0.4, 0.5) is 10.9 Å². The predicted molar refractivity (Wildman–Crippen MR) is 143 cm³/mol. The molecule has 1 aliphatic rings. The van der Waals surface area contributed by atoms with E-state index in [4.69, 9.17) is 15.5 Å². The zero-order chi connectivity index (χ0) is 26.1. The molecule has 4 aromatic rings. The lowest BCUT2D eigenvalue weighted by atomic mass is 9.97. The summed E-state index contributed by atoms with van der Waals surface area (Å²) in [6, 6.07) is 5.23. The molecule has 3 aromatic heterocycles. The lowest BCUT2D eigenvalue weighted by Crippen LogP contribution is -2.39. The number of rotatable bonds is 6. The molecule has 10 nitrogen and oxygen atoms in total. The SMILES string of the molecule is CCC(=O)N1CCCC(c2nc(-c3ccc(C(=O)Nc4ncc(C)s4)cc3OC)c3c(N)nccn23)C1. The minimum absolute atomic E-state index is 0.0603. The summed E-state index contributed by atoms with van der Waals surface area (Å²) in [4.78, 5) is 41.7. The Labute approximate surface area is 218 Å². The summed E-state index contributed by atoms with van der Waals surface area (Å²) in [7, 11) is 1.56. The molecule has 11 heteroatoms. The molecule has 1 unspecified atom stereocenters. The molecule has 192 valence electrons. The number of benzene rings is 1. The second-order valence-electron chi connectivity index (χ2n) is 9.03. The molecule has 3 N–H and O–H groups in total. The highest BCUT2D eigenvalue weighted by atomic mass is 32.1. The molecular formula is C26H29N7O3S. The normalized spacial score (nSPS) is 15.6. The van der Waals surface area contributed by atoms with Crippen LogP contribution in [0, 0.1) is 6.92 Å². The molecule has 0 bridgehead atoms. The van der Waals surface area contributed by atoms with Gasteiger partial charge in [-0.1, -0.05) is 6.92 Å². The first-order valence-electron chi connectivity index (χ1n) is 12.2. The fourth-order valence-electron chi connectivity index (χ4n) is 4.81. The molecule has 1 saturated heterocycles. The van der Waals surface area contributed by atoms with E-state index in [2.05, 4.69) is 15.3 Å². The van der Waals surface area contributed by atoms with Crippen LogP contribution < -0.4 is 15.8 Å². The number of carbonyl (C=O) groups excluding carboxylic acids is 2. The van der Waals surface area contributed by atoms with Crippen molar-refractivity contribution in [3.8, 4) is 17.0 Å². The number of hydrogen-bond acceptors (Lipinski definition) is 8. The van der Waals surface area contributed by atoms with Gasteiger partial charge in [-0.2, -0.15) is 0 Å². The van der Waals surface area contributed by atoms with Crippen molar-refractivity contribution in [3.63, 3.8) is 0 Å². The summed E-state index contributed by atoms with van der Waals surface area (Å²) in [5, 5.41) is 3.36. The third-order valence-electron chi connectivity index (χ3n) is 6.61. The number of anilines is 2. The first-order valence-corrected chi connectivity index (χ1v) is 13.0. The highest BCUT2D eigenvalue weighted by Gasteiger charge is 2.29. The van der Waals surface area contributed by atoms with Crippen molar-refractivity contribution in [3.05, 3.63) is 53.1 Å². The van der Waals surface area contributed by atoms with Gasteiger partial charge in [-0.3, -0.25) is 19.3 Å². The lowest BCUT2D eigenvalue weighted by Gasteiger charge is -2.32. The highest BCUT2D eigenvalue weighted by molar-refractivity contribution is 7.15. The number of fused-ring (bicyclic) bond motifs is 1. The van der Waals surface area contributed by atoms with Crippen molar-refractivity contribution < 1.29 is 14.3 Å². The zero-order valence-electron chi connectivity index (χ0n) is 21.0. The maximum absolute atomic E-state index is 12.8. The smallest absolute Gasteiger partial charge is 0.257 e. The Hall–Kier alpha value is -3.99. The molecule has 0 radical (unpaired) electrons. The van der Waals surface area contributed by atoms with E-state index in [0.29, 0.717) is 52.0 Å². The van der Waals surface area contributed by atoms with Crippen molar-refractivity contribution in [1.82, 2.24) is 24.3 Å². The fourth-order valence-corrected chi connectivity index (χ4v) is 5.47. The molecule has 2 amide bonds. The summed E-state index contributed by atoms with van der Waals surface area (Å²) in [6.07, 6.45) is 7.53. The van der Waals surface area contributed by atoms with E-state index >= 15 is 0 Å². The number of hydrogen-bond donors (Lipinski definition) is 2. The van der Waals surface area contributed by atoms with E-state index in [9.17, 15) is 9.59 Å². The topological polar surface area (TPSA) is 128 Å². The average molecular weight is 520 g/mol. The maximum Gasteiger partial charge on any atom is 0.257 e. The van der Waals surface area contributed by atoms with Gasteiger partial charge in [0.25, 0.3) is 5.91 Å². The third kappa shape index (κ3) is 4.74. The van der Waals surface area contributed by atoms with E-state index in [1.54, 1.807) is 31.6 Å². The highest BCUT2D eigenvalue weighted by Crippen LogP contribution is 2.38. The monoisotopic (exact) mass is 519 g/mol. The first kappa shape index (κ1) is 24.7. The second-order valence-corrected chi connectivity index (χ2v) is 10.3. The molecule has 37 heavy (non-hydrogen) atoms. The van der Waals surface area contributed by atoms with E-state index < -0.39 is 0 Å². The largest absolute Gasteiger partial charge is 0.496 e. The number of methoxy groups -OCH3 is 1. The molecule has 1 aliphatic heterocycles. The molecule has 1 aromatic carbocycles. The Morgan fingerprint density at radius 1 is 1.30 bits per heavy atom. The zero-order valence-corrected chi connectivity index (χ0v) is 21.8. The van der Waals surface area contributed by atoms with Gasteiger partial charge in [0.2, 0.25) is 5.91 Å². The number of nitrogens with two attached hydrogens (primary N) is 1. The Kier molecular flexibility index (Phi) is 6.79. The quantitative estimate of drug-likeness (QED) is 0.392. The van der Waals surface area contributed by atoms with Crippen molar-refractivity contribution >= 4 is 39.6 Å². The maximum atomic E-state index is 12.8. The Bertz CT molecular complexity index is 1480. The van der Waals surface area contributed by atoms with Crippen LogP contribution in [0.2, 0.25) is 0 Å². The van der Waals surface area contributed by atoms with E-state index in [1.807, 2.05) is 35.4 Å². The molecular weight excluding hydrogens is 490 g/mol. The summed E-state index contributed by atoms with van der Waals surface area (Å²) < 4.78 is 7.66. The third-order valence-corrected chi connectivity index (χ3v) is 7.44.